The molecule has 0 saturated heterocycles. The van der Waals surface area contributed by atoms with Gasteiger partial charge in [0, 0.05) is 11.4 Å². The number of thioether (sulfide) groups is 1. The van der Waals surface area contributed by atoms with Crippen molar-refractivity contribution in [2.75, 3.05) is 12.3 Å². The van der Waals surface area contributed by atoms with Crippen LogP contribution >= 0.6 is 23.1 Å². The van der Waals surface area contributed by atoms with Crippen molar-refractivity contribution in [1.29, 1.82) is 0 Å². The van der Waals surface area contributed by atoms with Crippen molar-refractivity contribution in [3.05, 3.63) is 45.0 Å². The lowest BCUT2D eigenvalue weighted by molar-refractivity contribution is -0.118. The van der Waals surface area contributed by atoms with E-state index in [2.05, 4.69) is 12.2 Å². The number of amides is 1. The number of nitrogens with zero attached hydrogens (tertiary/aromatic N) is 2. The molecule has 0 spiro atoms. The van der Waals surface area contributed by atoms with Gasteiger partial charge in [-0.2, -0.15) is 0 Å². The highest BCUT2D eigenvalue weighted by Crippen LogP contribution is 2.34. The van der Waals surface area contributed by atoms with Gasteiger partial charge in [-0.3, -0.25) is 14.2 Å². The van der Waals surface area contributed by atoms with Gasteiger partial charge in [-0.05, 0) is 49.8 Å². The van der Waals surface area contributed by atoms with Crippen LogP contribution in [0.4, 0.5) is 0 Å². The number of hydrogen-bond donors (Lipinski definition) is 1. The summed E-state index contributed by atoms with van der Waals surface area (Å²) in [6.45, 7) is 3.15. The monoisotopic (exact) mass is 445 g/mol. The topological polar surface area (TPSA) is 77.1 Å². The molecule has 30 heavy (non-hydrogen) atoms. The molecule has 8 heteroatoms. The molecule has 1 aliphatic carbocycles. The molecule has 0 aliphatic heterocycles. The number of rotatable bonds is 9. The zero-order chi connectivity index (χ0) is 20.9. The van der Waals surface area contributed by atoms with Crippen LogP contribution in [0, 0.1) is 0 Å². The average Bonchev–Trinajstić information content (AvgIpc) is 3.39. The number of aromatic nitrogens is 2. The number of hydrogen-bond acceptors (Lipinski definition) is 6. The van der Waals surface area contributed by atoms with Crippen LogP contribution in [-0.4, -0.2) is 27.8 Å². The van der Waals surface area contributed by atoms with Crippen LogP contribution in [0.5, 0.6) is 0 Å². The Kier molecular flexibility index (Phi) is 6.94. The fourth-order valence-electron chi connectivity index (χ4n) is 3.81. The molecule has 0 atom stereocenters. The first-order chi connectivity index (χ1) is 14.7. The van der Waals surface area contributed by atoms with E-state index in [1.54, 1.807) is 22.2 Å². The highest BCUT2D eigenvalue weighted by atomic mass is 32.2. The molecular weight excluding hydrogens is 418 g/mol. The molecular formula is C22H27N3O3S2. The normalized spacial score (nSPS) is 13.5. The molecule has 160 valence electrons. The van der Waals surface area contributed by atoms with Gasteiger partial charge >= 0.3 is 0 Å². The zero-order valence-corrected chi connectivity index (χ0v) is 18.9. The number of fused-ring (bicyclic) bond motifs is 3. The Labute approximate surface area is 184 Å². The van der Waals surface area contributed by atoms with E-state index in [9.17, 15) is 9.59 Å². The number of furan rings is 1. The van der Waals surface area contributed by atoms with Gasteiger partial charge < -0.3 is 9.73 Å². The molecule has 3 heterocycles. The standard InChI is InChI=1S/C22H27N3O3S2/c1-2-3-6-11-23-18(26)14-29-22-24-20-19(16-9-4-5-10-17(16)30-20)21(27)25(22)13-15-8-7-12-28-15/h7-8,12H,2-6,9-11,13-14H2,1H3,(H,23,26). The van der Waals surface area contributed by atoms with Gasteiger partial charge in [0.15, 0.2) is 5.16 Å². The van der Waals surface area contributed by atoms with E-state index in [0.717, 1.165) is 48.7 Å². The Balaban J connectivity index is 1.61. The van der Waals surface area contributed by atoms with Crippen LogP contribution in [0.1, 0.15) is 55.2 Å². The molecule has 0 fully saturated rings. The third-order valence-electron chi connectivity index (χ3n) is 5.37. The van der Waals surface area contributed by atoms with Crippen LogP contribution in [0.15, 0.2) is 32.8 Å². The molecule has 3 aromatic rings. The van der Waals surface area contributed by atoms with Crippen molar-refractivity contribution >= 4 is 39.2 Å². The van der Waals surface area contributed by atoms with Crippen molar-refractivity contribution in [2.24, 2.45) is 0 Å². The predicted molar refractivity (Wildman–Crippen MR) is 122 cm³/mol. The zero-order valence-electron chi connectivity index (χ0n) is 17.2. The summed E-state index contributed by atoms with van der Waals surface area (Å²) in [6, 6.07) is 3.67. The lowest BCUT2D eigenvalue weighted by Gasteiger charge is -2.13. The minimum atomic E-state index is -0.0273. The van der Waals surface area contributed by atoms with Gasteiger partial charge in [-0.15, -0.1) is 11.3 Å². The molecule has 4 rings (SSSR count). The maximum Gasteiger partial charge on any atom is 0.263 e. The van der Waals surface area contributed by atoms with Gasteiger partial charge in [0.2, 0.25) is 5.91 Å². The maximum absolute atomic E-state index is 13.5. The maximum atomic E-state index is 13.5. The van der Waals surface area contributed by atoms with E-state index >= 15 is 0 Å². The van der Waals surface area contributed by atoms with Crippen molar-refractivity contribution in [2.45, 2.75) is 63.6 Å². The summed E-state index contributed by atoms with van der Waals surface area (Å²) in [7, 11) is 0. The Morgan fingerprint density at radius 1 is 1.33 bits per heavy atom. The van der Waals surface area contributed by atoms with E-state index in [0.29, 0.717) is 24.0 Å². The van der Waals surface area contributed by atoms with Gasteiger partial charge in [0.05, 0.1) is 23.9 Å². The number of carbonyl (C=O) groups is 1. The average molecular weight is 446 g/mol. The fraction of sp³-hybridized carbons (Fsp3) is 0.500. The van der Waals surface area contributed by atoms with Crippen molar-refractivity contribution in [3.8, 4) is 0 Å². The van der Waals surface area contributed by atoms with Gasteiger partial charge in [-0.1, -0.05) is 31.5 Å². The summed E-state index contributed by atoms with van der Waals surface area (Å²) in [5.41, 5.74) is 1.15. The molecule has 3 aromatic heterocycles. The Hall–Kier alpha value is -2.06. The minimum absolute atomic E-state index is 0.0262. The molecule has 0 saturated carbocycles. The highest BCUT2D eigenvalue weighted by molar-refractivity contribution is 7.99. The predicted octanol–water partition coefficient (Wildman–Crippen LogP) is 4.38. The Bertz CT molecular complexity index is 1070. The summed E-state index contributed by atoms with van der Waals surface area (Å²) in [4.78, 5) is 32.6. The second-order valence-corrected chi connectivity index (χ2v) is 9.63. The minimum Gasteiger partial charge on any atom is -0.467 e. The SMILES string of the molecule is CCCCCNC(=O)CSc1nc2sc3c(c2c(=O)n1Cc1ccco1)CCCC3. The molecule has 1 amide bonds. The van der Waals surface area contributed by atoms with E-state index in [1.807, 2.05) is 12.1 Å². The third-order valence-corrected chi connectivity index (χ3v) is 7.53. The van der Waals surface area contributed by atoms with E-state index in [1.165, 1.54) is 28.6 Å². The van der Waals surface area contributed by atoms with Gasteiger partial charge in [0.1, 0.15) is 10.6 Å². The van der Waals surface area contributed by atoms with Gasteiger partial charge in [0.25, 0.3) is 5.56 Å². The van der Waals surface area contributed by atoms with Crippen molar-refractivity contribution < 1.29 is 9.21 Å². The first-order valence-corrected chi connectivity index (χ1v) is 12.4. The second kappa shape index (κ2) is 9.83. The quantitative estimate of drug-likeness (QED) is 0.301. The summed E-state index contributed by atoms with van der Waals surface area (Å²) >= 11 is 2.96. The summed E-state index contributed by atoms with van der Waals surface area (Å²) < 4.78 is 7.15. The fourth-order valence-corrected chi connectivity index (χ4v) is 5.94. The van der Waals surface area contributed by atoms with E-state index in [-0.39, 0.29) is 17.2 Å². The number of unbranched alkanes of at least 4 members (excludes halogenated alkanes) is 2. The molecule has 0 radical (unpaired) electrons. The van der Waals surface area contributed by atoms with Crippen LogP contribution in [0.2, 0.25) is 0 Å². The Morgan fingerprint density at radius 2 is 2.20 bits per heavy atom. The Morgan fingerprint density at radius 3 is 3.00 bits per heavy atom. The lowest BCUT2D eigenvalue weighted by atomic mass is 9.97. The first-order valence-electron chi connectivity index (χ1n) is 10.6. The summed E-state index contributed by atoms with van der Waals surface area (Å²) in [5.74, 6) is 0.918. The number of aryl methyl sites for hydroxylation is 2. The lowest BCUT2D eigenvalue weighted by Crippen LogP contribution is -2.28. The molecule has 0 unspecified atom stereocenters. The first kappa shape index (κ1) is 21.2. The van der Waals surface area contributed by atoms with Gasteiger partial charge in [-0.25, -0.2) is 4.98 Å². The summed E-state index contributed by atoms with van der Waals surface area (Å²) in [6.07, 6.45) is 9.08. The van der Waals surface area contributed by atoms with Crippen LogP contribution < -0.4 is 10.9 Å². The molecule has 0 aromatic carbocycles. The third kappa shape index (κ3) is 4.64. The van der Waals surface area contributed by atoms with Crippen molar-refractivity contribution in [1.82, 2.24) is 14.9 Å². The molecule has 6 nitrogen and oxygen atoms in total. The second-order valence-electron chi connectivity index (χ2n) is 7.60. The molecule has 1 aliphatic rings. The van der Waals surface area contributed by atoms with Crippen LogP contribution in [-0.2, 0) is 24.2 Å². The largest absolute Gasteiger partial charge is 0.467 e. The van der Waals surface area contributed by atoms with Crippen LogP contribution in [0.25, 0.3) is 10.2 Å². The van der Waals surface area contributed by atoms with Crippen LogP contribution in [0.3, 0.4) is 0 Å². The van der Waals surface area contributed by atoms with Crippen molar-refractivity contribution in [3.63, 3.8) is 0 Å². The smallest absolute Gasteiger partial charge is 0.263 e. The number of carbonyl (C=O) groups excluding carboxylic acids is 1. The molecule has 0 bridgehead atoms. The highest BCUT2D eigenvalue weighted by Gasteiger charge is 2.23. The summed E-state index contributed by atoms with van der Waals surface area (Å²) in [5, 5.41) is 4.29. The number of nitrogens with one attached hydrogen (secondary N) is 1. The molecule has 1 N–H and O–H groups in total. The van der Waals surface area contributed by atoms with E-state index < -0.39 is 0 Å². The van der Waals surface area contributed by atoms with E-state index in [4.69, 9.17) is 9.40 Å². The number of thiophene rings is 1.